The zero-order valence-electron chi connectivity index (χ0n) is 8.90. The highest BCUT2D eigenvalue weighted by Crippen LogP contribution is 2.30. The molecule has 0 fully saturated rings. The summed E-state index contributed by atoms with van der Waals surface area (Å²) < 4.78 is 48.9. The quantitative estimate of drug-likeness (QED) is 0.792. The predicted molar refractivity (Wildman–Crippen MR) is 64.8 cm³/mol. The smallest absolute Gasteiger partial charge is 0.207 e. The molecule has 0 aromatic heterocycles. The third-order valence-electron chi connectivity index (χ3n) is 2.34. The fourth-order valence-corrected chi connectivity index (χ4v) is 2.68. The first-order chi connectivity index (χ1) is 8.38. The van der Waals surface area contributed by atoms with Crippen LogP contribution in [0.15, 0.2) is 47.4 Å². The molecule has 0 unspecified atom stereocenters. The van der Waals surface area contributed by atoms with Gasteiger partial charge in [0.2, 0.25) is 0 Å². The summed E-state index contributed by atoms with van der Waals surface area (Å²) in [6.07, 6.45) is 0. The van der Waals surface area contributed by atoms with E-state index in [1.54, 1.807) is 0 Å². The summed E-state index contributed by atoms with van der Waals surface area (Å²) in [7, 11) is 1.13. The molecule has 0 radical (unpaired) electrons. The summed E-state index contributed by atoms with van der Waals surface area (Å²) in [5, 5.41) is 0. The van der Waals surface area contributed by atoms with Gasteiger partial charge < -0.3 is 0 Å². The van der Waals surface area contributed by atoms with Crippen LogP contribution in [0.4, 0.5) is 8.78 Å². The van der Waals surface area contributed by atoms with Gasteiger partial charge in [-0.25, -0.2) is 17.2 Å². The normalized spacial score (nSPS) is 11.5. The van der Waals surface area contributed by atoms with E-state index in [0.29, 0.717) is 5.56 Å². The van der Waals surface area contributed by atoms with E-state index in [4.69, 9.17) is 10.7 Å². The minimum Gasteiger partial charge on any atom is -0.207 e. The van der Waals surface area contributed by atoms with Gasteiger partial charge in [0.15, 0.2) is 0 Å². The lowest BCUT2D eigenvalue weighted by Crippen LogP contribution is -1.96. The van der Waals surface area contributed by atoms with Crippen molar-refractivity contribution in [2.24, 2.45) is 0 Å². The second-order valence-electron chi connectivity index (χ2n) is 3.59. The highest BCUT2D eigenvalue weighted by atomic mass is 35.7. The van der Waals surface area contributed by atoms with Crippen molar-refractivity contribution in [3.05, 3.63) is 54.1 Å². The Bertz CT molecular complexity index is 699. The van der Waals surface area contributed by atoms with E-state index in [1.807, 2.05) is 0 Å². The third-order valence-corrected chi connectivity index (χ3v) is 3.70. The Morgan fingerprint density at radius 3 is 2.22 bits per heavy atom. The number of hydrogen-bond donors (Lipinski definition) is 0. The molecule has 0 aliphatic rings. The molecule has 2 aromatic carbocycles. The van der Waals surface area contributed by atoms with Crippen molar-refractivity contribution >= 4 is 19.7 Å². The Balaban J connectivity index is 2.72. The number of rotatable bonds is 2. The van der Waals surface area contributed by atoms with Gasteiger partial charge in [0.25, 0.3) is 9.05 Å². The molecule has 0 saturated carbocycles. The molecule has 2 nitrogen and oxygen atoms in total. The fourth-order valence-electron chi connectivity index (χ4n) is 1.59. The van der Waals surface area contributed by atoms with Crippen molar-refractivity contribution in [1.82, 2.24) is 0 Å². The van der Waals surface area contributed by atoms with Crippen molar-refractivity contribution < 1.29 is 17.2 Å². The first-order valence-electron chi connectivity index (χ1n) is 4.88. The molecule has 0 spiro atoms. The van der Waals surface area contributed by atoms with Crippen molar-refractivity contribution in [2.45, 2.75) is 4.90 Å². The fraction of sp³-hybridized carbons (Fsp3) is 0. The van der Waals surface area contributed by atoms with Crippen molar-refractivity contribution in [3.63, 3.8) is 0 Å². The third kappa shape index (κ3) is 2.68. The molecular weight excluding hydrogens is 282 g/mol. The van der Waals surface area contributed by atoms with Gasteiger partial charge in [0, 0.05) is 16.2 Å². The Morgan fingerprint density at radius 2 is 1.61 bits per heavy atom. The van der Waals surface area contributed by atoms with Gasteiger partial charge >= 0.3 is 0 Å². The monoisotopic (exact) mass is 288 g/mol. The minimum atomic E-state index is -4.11. The van der Waals surface area contributed by atoms with Crippen molar-refractivity contribution in [1.29, 1.82) is 0 Å². The molecule has 0 amide bonds. The van der Waals surface area contributed by atoms with Gasteiger partial charge in [-0.15, -0.1) is 0 Å². The van der Waals surface area contributed by atoms with Crippen LogP contribution in [0.2, 0.25) is 0 Å². The van der Waals surface area contributed by atoms with Gasteiger partial charge in [0.05, 0.1) is 4.90 Å². The van der Waals surface area contributed by atoms with Crippen LogP contribution >= 0.6 is 10.7 Å². The molecule has 2 aromatic rings. The van der Waals surface area contributed by atoms with E-state index < -0.39 is 20.7 Å². The van der Waals surface area contributed by atoms with Gasteiger partial charge in [-0.05, 0) is 29.8 Å². The second-order valence-corrected chi connectivity index (χ2v) is 6.12. The van der Waals surface area contributed by atoms with Gasteiger partial charge in [-0.1, -0.05) is 18.2 Å². The minimum absolute atomic E-state index is 0.158. The van der Waals surface area contributed by atoms with E-state index in [0.717, 1.165) is 18.2 Å². The van der Waals surface area contributed by atoms with Crippen LogP contribution in [-0.2, 0) is 9.05 Å². The van der Waals surface area contributed by atoms with Crippen LogP contribution in [-0.4, -0.2) is 8.42 Å². The first kappa shape index (κ1) is 13.0. The predicted octanol–water partition coefficient (Wildman–Crippen LogP) is 3.56. The Kier molecular flexibility index (Phi) is 3.36. The molecule has 0 aliphatic carbocycles. The largest absolute Gasteiger partial charge is 0.262 e. The highest BCUT2D eigenvalue weighted by molar-refractivity contribution is 8.13. The van der Waals surface area contributed by atoms with E-state index in [1.165, 1.54) is 24.3 Å². The molecule has 0 heterocycles. The lowest BCUT2D eigenvalue weighted by molar-refractivity contribution is 0.602. The average Bonchev–Trinajstić information content (AvgIpc) is 2.27. The highest BCUT2D eigenvalue weighted by Gasteiger charge is 2.18. The summed E-state index contributed by atoms with van der Waals surface area (Å²) >= 11 is 0. The zero-order valence-corrected chi connectivity index (χ0v) is 10.5. The average molecular weight is 289 g/mol. The Hall–Kier alpha value is -1.46. The molecule has 0 atom stereocenters. The van der Waals surface area contributed by atoms with Crippen LogP contribution < -0.4 is 0 Å². The maximum atomic E-state index is 13.1. The molecule has 0 bridgehead atoms. The molecule has 0 saturated heterocycles. The standard InChI is InChI=1S/C12H7ClF2O2S/c13-18(16,17)12-7-10(15)4-5-11(12)8-2-1-3-9(14)6-8/h1-7H. The molecule has 18 heavy (non-hydrogen) atoms. The second kappa shape index (κ2) is 4.66. The van der Waals surface area contributed by atoms with E-state index in [-0.39, 0.29) is 10.5 Å². The number of hydrogen-bond acceptors (Lipinski definition) is 2. The van der Waals surface area contributed by atoms with E-state index in [9.17, 15) is 17.2 Å². The summed E-state index contributed by atoms with van der Waals surface area (Å²) in [5.74, 6) is -1.25. The van der Waals surface area contributed by atoms with Crippen LogP contribution in [0.3, 0.4) is 0 Å². The molecule has 0 N–H and O–H groups in total. The topological polar surface area (TPSA) is 34.1 Å². The molecule has 94 valence electrons. The maximum Gasteiger partial charge on any atom is 0.262 e. The molecule has 0 aliphatic heterocycles. The molecule has 2 rings (SSSR count). The maximum absolute atomic E-state index is 13.1. The number of benzene rings is 2. The van der Waals surface area contributed by atoms with Gasteiger partial charge in [-0.3, -0.25) is 0 Å². The lowest BCUT2D eigenvalue weighted by Gasteiger charge is -2.07. The van der Waals surface area contributed by atoms with Crippen LogP contribution in [0.1, 0.15) is 0 Å². The van der Waals surface area contributed by atoms with Gasteiger partial charge in [0.1, 0.15) is 11.6 Å². The van der Waals surface area contributed by atoms with Crippen LogP contribution in [0.5, 0.6) is 0 Å². The first-order valence-corrected chi connectivity index (χ1v) is 7.19. The lowest BCUT2D eigenvalue weighted by atomic mass is 10.1. The summed E-state index contributed by atoms with van der Waals surface area (Å²) in [6, 6.07) is 8.47. The van der Waals surface area contributed by atoms with Crippen molar-refractivity contribution in [3.8, 4) is 11.1 Å². The van der Waals surface area contributed by atoms with Crippen LogP contribution in [0, 0.1) is 11.6 Å². The Labute approximate surface area is 107 Å². The summed E-state index contributed by atoms with van der Waals surface area (Å²) in [6.45, 7) is 0. The van der Waals surface area contributed by atoms with Gasteiger partial charge in [-0.2, -0.15) is 0 Å². The zero-order chi connectivity index (χ0) is 13.3. The van der Waals surface area contributed by atoms with Crippen LogP contribution in [0.25, 0.3) is 11.1 Å². The van der Waals surface area contributed by atoms with Crippen molar-refractivity contribution in [2.75, 3.05) is 0 Å². The van der Waals surface area contributed by atoms with E-state index >= 15 is 0 Å². The Morgan fingerprint density at radius 1 is 0.944 bits per heavy atom. The summed E-state index contributed by atoms with van der Waals surface area (Å²) in [5.41, 5.74) is 0.472. The number of halogens is 3. The molecule has 6 heteroatoms. The summed E-state index contributed by atoms with van der Waals surface area (Å²) in [4.78, 5) is -0.380. The van der Waals surface area contributed by atoms with E-state index in [2.05, 4.69) is 0 Å². The SMILES string of the molecule is O=S(=O)(Cl)c1cc(F)ccc1-c1cccc(F)c1. The molecular formula is C12H7ClF2O2S.